The Bertz CT molecular complexity index is 459. The average molecular weight is 231 g/mol. The molecule has 2 nitrogen and oxygen atoms in total. The molecule has 16 heavy (non-hydrogen) atoms. The van der Waals surface area contributed by atoms with Crippen LogP contribution in [0.5, 0.6) is 0 Å². The van der Waals surface area contributed by atoms with Crippen molar-refractivity contribution >= 4 is 17.1 Å². The molecular formula is C13H13NOS. The Hall–Kier alpha value is -1.48. The van der Waals surface area contributed by atoms with Crippen LogP contribution in [-0.2, 0) is 6.42 Å². The van der Waals surface area contributed by atoms with Gasteiger partial charge < -0.3 is 0 Å². The Labute approximate surface area is 99.0 Å². The smallest absolute Gasteiger partial charge is 0.164 e. The zero-order chi connectivity index (χ0) is 11.4. The third-order valence-corrected chi connectivity index (χ3v) is 3.35. The van der Waals surface area contributed by atoms with Gasteiger partial charge in [-0.15, -0.1) is 11.3 Å². The van der Waals surface area contributed by atoms with Crippen molar-refractivity contribution in [1.29, 1.82) is 0 Å². The second-order valence-electron chi connectivity index (χ2n) is 3.69. The third-order valence-electron chi connectivity index (χ3n) is 2.41. The predicted molar refractivity (Wildman–Crippen MR) is 65.9 cm³/mol. The summed E-state index contributed by atoms with van der Waals surface area (Å²) < 4.78 is 0. The highest BCUT2D eigenvalue weighted by atomic mass is 32.1. The number of carbonyl (C=O) groups excluding carboxylic acids is 1. The summed E-state index contributed by atoms with van der Waals surface area (Å²) in [7, 11) is 0. The largest absolute Gasteiger partial charge is 0.294 e. The summed E-state index contributed by atoms with van der Waals surface area (Å²) in [5, 5.41) is 2.03. The molecule has 0 amide bonds. The summed E-state index contributed by atoms with van der Waals surface area (Å²) >= 11 is 1.69. The second kappa shape index (κ2) is 5.03. The molecular weight excluding hydrogens is 218 g/mol. The monoisotopic (exact) mass is 231 g/mol. The number of nitrogens with zero attached hydrogens (tertiary/aromatic N) is 1. The minimum atomic E-state index is 0.168. The van der Waals surface area contributed by atoms with Gasteiger partial charge in [0.1, 0.15) is 0 Å². The zero-order valence-corrected chi connectivity index (χ0v) is 9.96. The van der Waals surface area contributed by atoms with Crippen LogP contribution < -0.4 is 0 Å². The highest BCUT2D eigenvalue weighted by molar-refractivity contribution is 7.09. The van der Waals surface area contributed by atoms with E-state index in [1.54, 1.807) is 17.5 Å². The number of Topliss-reactive ketones (excluding diaryl/α,β-unsaturated/α-hetero) is 1. The number of hydrogen-bond acceptors (Lipinski definition) is 3. The quantitative estimate of drug-likeness (QED) is 0.756. The maximum atomic E-state index is 11.8. The van der Waals surface area contributed by atoms with E-state index in [1.807, 2.05) is 30.5 Å². The molecule has 3 heteroatoms. The Balaban J connectivity index is 1.95. The fraction of sp³-hybridized carbons (Fsp3) is 0.231. The van der Waals surface area contributed by atoms with Gasteiger partial charge >= 0.3 is 0 Å². The van der Waals surface area contributed by atoms with E-state index in [0.717, 1.165) is 12.1 Å². The molecule has 0 aliphatic carbocycles. The molecule has 0 aliphatic rings. The highest BCUT2D eigenvalue weighted by Crippen LogP contribution is 2.13. The number of carbonyl (C=O) groups is 1. The van der Waals surface area contributed by atoms with Crippen molar-refractivity contribution in [2.75, 3.05) is 0 Å². The number of rotatable bonds is 4. The minimum absolute atomic E-state index is 0.168. The number of aryl methyl sites for hydroxylation is 2. The number of pyridine rings is 1. The van der Waals surface area contributed by atoms with Crippen LogP contribution in [0.3, 0.4) is 0 Å². The summed E-state index contributed by atoms with van der Waals surface area (Å²) in [5.41, 5.74) is 1.65. The van der Waals surface area contributed by atoms with Gasteiger partial charge in [0.2, 0.25) is 0 Å². The van der Waals surface area contributed by atoms with E-state index in [1.165, 1.54) is 4.88 Å². The maximum absolute atomic E-state index is 11.8. The van der Waals surface area contributed by atoms with Gasteiger partial charge in [-0.2, -0.15) is 0 Å². The van der Waals surface area contributed by atoms with Crippen LogP contribution in [0.2, 0.25) is 0 Å². The fourth-order valence-corrected chi connectivity index (χ4v) is 2.18. The van der Waals surface area contributed by atoms with E-state index >= 15 is 0 Å². The molecule has 2 aromatic heterocycles. The lowest BCUT2D eigenvalue weighted by Gasteiger charge is -2.00. The summed E-state index contributed by atoms with van der Waals surface area (Å²) in [5.74, 6) is 0.168. The molecule has 2 aromatic rings. The summed E-state index contributed by atoms with van der Waals surface area (Å²) in [6, 6.07) is 7.79. The van der Waals surface area contributed by atoms with Crippen LogP contribution in [0.25, 0.3) is 0 Å². The average Bonchev–Trinajstić information content (AvgIpc) is 2.80. The van der Waals surface area contributed by atoms with Crippen molar-refractivity contribution in [3.63, 3.8) is 0 Å². The predicted octanol–water partition coefficient (Wildman–Crippen LogP) is 3.27. The van der Waals surface area contributed by atoms with Gasteiger partial charge in [0, 0.05) is 28.8 Å². The van der Waals surface area contributed by atoms with E-state index in [2.05, 4.69) is 11.1 Å². The molecule has 0 bridgehead atoms. The summed E-state index contributed by atoms with van der Waals surface area (Å²) in [4.78, 5) is 17.2. The van der Waals surface area contributed by atoms with Gasteiger partial charge in [-0.05, 0) is 36.9 Å². The topological polar surface area (TPSA) is 30.0 Å². The third kappa shape index (κ3) is 2.76. The first-order chi connectivity index (χ1) is 7.75. The molecule has 0 unspecified atom stereocenters. The molecule has 82 valence electrons. The lowest BCUT2D eigenvalue weighted by molar-refractivity contribution is 0.0983. The molecule has 2 heterocycles. The highest BCUT2D eigenvalue weighted by Gasteiger charge is 2.06. The first kappa shape index (κ1) is 11.0. The van der Waals surface area contributed by atoms with Crippen LogP contribution in [0, 0.1) is 6.92 Å². The van der Waals surface area contributed by atoms with Gasteiger partial charge in [-0.3, -0.25) is 9.78 Å². The molecule has 0 aromatic carbocycles. The zero-order valence-electron chi connectivity index (χ0n) is 9.14. The van der Waals surface area contributed by atoms with Gasteiger partial charge in [0.15, 0.2) is 5.78 Å². The molecule has 0 spiro atoms. The second-order valence-corrected chi connectivity index (χ2v) is 4.72. The normalized spacial score (nSPS) is 10.3. The molecule has 0 saturated carbocycles. The molecule has 0 N–H and O–H groups in total. The van der Waals surface area contributed by atoms with Crippen LogP contribution >= 0.6 is 11.3 Å². The van der Waals surface area contributed by atoms with E-state index in [-0.39, 0.29) is 5.78 Å². The van der Waals surface area contributed by atoms with Crippen molar-refractivity contribution in [1.82, 2.24) is 4.98 Å². The van der Waals surface area contributed by atoms with E-state index < -0.39 is 0 Å². The Morgan fingerprint density at radius 3 is 2.88 bits per heavy atom. The maximum Gasteiger partial charge on any atom is 0.164 e. The molecule has 0 saturated heterocycles. The van der Waals surface area contributed by atoms with Gasteiger partial charge in [-0.25, -0.2) is 0 Å². The van der Waals surface area contributed by atoms with Crippen LogP contribution in [0.1, 0.15) is 27.3 Å². The number of hydrogen-bond donors (Lipinski definition) is 0. The van der Waals surface area contributed by atoms with Crippen molar-refractivity contribution in [2.45, 2.75) is 19.8 Å². The summed E-state index contributed by atoms with van der Waals surface area (Å²) in [6.45, 7) is 1.92. The number of aromatic nitrogens is 1. The van der Waals surface area contributed by atoms with Crippen LogP contribution in [0.15, 0.2) is 35.8 Å². The molecule has 0 radical (unpaired) electrons. The van der Waals surface area contributed by atoms with Crippen molar-refractivity contribution in [3.8, 4) is 0 Å². The number of ketones is 1. The van der Waals surface area contributed by atoms with Gasteiger partial charge in [0.05, 0.1) is 0 Å². The fourth-order valence-electron chi connectivity index (χ4n) is 1.47. The van der Waals surface area contributed by atoms with Crippen LogP contribution in [0.4, 0.5) is 0 Å². The lowest BCUT2D eigenvalue weighted by Crippen LogP contribution is -2.01. The van der Waals surface area contributed by atoms with Crippen LogP contribution in [-0.4, -0.2) is 10.8 Å². The van der Waals surface area contributed by atoms with E-state index in [0.29, 0.717) is 12.0 Å². The summed E-state index contributed by atoms with van der Waals surface area (Å²) in [6.07, 6.45) is 3.04. The van der Waals surface area contributed by atoms with E-state index in [4.69, 9.17) is 0 Å². The standard InChI is InChI=1S/C13H13NOS/c1-10-4-5-11(9-14-10)13(15)7-6-12-3-2-8-16-12/h2-5,8-9H,6-7H2,1H3. The Morgan fingerprint density at radius 1 is 1.38 bits per heavy atom. The Kier molecular flexibility index (Phi) is 3.47. The van der Waals surface area contributed by atoms with Crippen molar-refractivity contribution in [3.05, 3.63) is 52.0 Å². The Morgan fingerprint density at radius 2 is 2.25 bits per heavy atom. The van der Waals surface area contributed by atoms with E-state index in [9.17, 15) is 4.79 Å². The minimum Gasteiger partial charge on any atom is -0.294 e. The van der Waals surface area contributed by atoms with Crippen molar-refractivity contribution in [2.24, 2.45) is 0 Å². The van der Waals surface area contributed by atoms with Crippen molar-refractivity contribution < 1.29 is 4.79 Å². The molecule has 0 fully saturated rings. The number of thiophene rings is 1. The molecule has 0 atom stereocenters. The first-order valence-electron chi connectivity index (χ1n) is 5.24. The van der Waals surface area contributed by atoms with Gasteiger partial charge in [0.25, 0.3) is 0 Å². The lowest BCUT2D eigenvalue weighted by atomic mass is 10.1. The molecule has 0 aliphatic heterocycles. The van der Waals surface area contributed by atoms with Gasteiger partial charge in [-0.1, -0.05) is 6.07 Å². The first-order valence-corrected chi connectivity index (χ1v) is 6.12. The SMILES string of the molecule is Cc1ccc(C(=O)CCc2cccs2)cn1. The molecule has 2 rings (SSSR count).